The lowest BCUT2D eigenvalue weighted by atomic mass is 10.0. The van der Waals surface area contributed by atoms with Gasteiger partial charge in [-0.3, -0.25) is 19.1 Å². The molecule has 0 radical (unpaired) electrons. The van der Waals surface area contributed by atoms with Crippen molar-refractivity contribution in [3.05, 3.63) is 52.8 Å². The van der Waals surface area contributed by atoms with Gasteiger partial charge in [-0.25, -0.2) is 0 Å². The summed E-state index contributed by atoms with van der Waals surface area (Å²) in [5.74, 6) is -0.519. The van der Waals surface area contributed by atoms with E-state index in [-0.39, 0.29) is 24.3 Å². The Labute approximate surface area is 175 Å². The molecular formula is C21H27N5O4. The Morgan fingerprint density at radius 3 is 2.67 bits per heavy atom. The van der Waals surface area contributed by atoms with Crippen LogP contribution in [0, 0.1) is 0 Å². The molecule has 1 aliphatic rings. The van der Waals surface area contributed by atoms with Crippen molar-refractivity contribution in [2.75, 3.05) is 26.7 Å². The van der Waals surface area contributed by atoms with Gasteiger partial charge in [0.1, 0.15) is 6.61 Å². The molecule has 0 fully saturated rings. The van der Waals surface area contributed by atoms with Crippen molar-refractivity contribution < 1.29 is 19.1 Å². The number of rotatable bonds is 8. The number of ether oxygens (including phenoxy) is 1. The Hall–Kier alpha value is -3.20. The van der Waals surface area contributed by atoms with Gasteiger partial charge in [-0.15, -0.1) is 0 Å². The van der Waals surface area contributed by atoms with Crippen LogP contribution >= 0.6 is 0 Å². The van der Waals surface area contributed by atoms with Crippen LogP contribution in [0.15, 0.2) is 30.3 Å². The van der Waals surface area contributed by atoms with E-state index in [1.165, 1.54) is 6.92 Å². The van der Waals surface area contributed by atoms with Crippen molar-refractivity contribution in [1.82, 2.24) is 25.3 Å². The highest BCUT2D eigenvalue weighted by Crippen LogP contribution is 2.23. The van der Waals surface area contributed by atoms with Crippen LogP contribution < -0.4 is 10.6 Å². The lowest BCUT2D eigenvalue weighted by Gasteiger charge is -2.26. The monoisotopic (exact) mass is 413 g/mol. The molecule has 1 aromatic heterocycles. The molecule has 30 heavy (non-hydrogen) atoms. The van der Waals surface area contributed by atoms with E-state index in [4.69, 9.17) is 4.74 Å². The maximum Gasteiger partial charge on any atom is 0.271 e. The third-order valence-corrected chi connectivity index (χ3v) is 5.01. The van der Waals surface area contributed by atoms with E-state index >= 15 is 0 Å². The number of nitrogens with one attached hydrogen (secondary N) is 2. The summed E-state index contributed by atoms with van der Waals surface area (Å²) in [4.78, 5) is 37.7. The highest BCUT2D eigenvalue weighted by Gasteiger charge is 2.28. The molecule has 2 heterocycles. The summed E-state index contributed by atoms with van der Waals surface area (Å²) in [6, 6.07) is 9.65. The lowest BCUT2D eigenvalue weighted by Crippen LogP contribution is -2.36. The molecule has 0 bridgehead atoms. The van der Waals surface area contributed by atoms with Gasteiger partial charge in [-0.1, -0.05) is 30.3 Å². The number of aromatic nitrogens is 2. The van der Waals surface area contributed by atoms with Crippen LogP contribution in [-0.4, -0.2) is 59.1 Å². The van der Waals surface area contributed by atoms with Crippen LogP contribution in [0.4, 0.5) is 0 Å². The van der Waals surface area contributed by atoms with Crippen molar-refractivity contribution in [1.29, 1.82) is 0 Å². The second kappa shape index (κ2) is 10.0. The van der Waals surface area contributed by atoms with Gasteiger partial charge in [0.05, 0.1) is 13.2 Å². The Balaban J connectivity index is 1.54. The lowest BCUT2D eigenvalue weighted by molar-refractivity contribution is -0.129. The summed E-state index contributed by atoms with van der Waals surface area (Å²) in [6.07, 6.45) is 0.618. The fourth-order valence-corrected chi connectivity index (χ4v) is 3.43. The molecule has 2 N–H and O–H groups in total. The third-order valence-electron chi connectivity index (χ3n) is 5.01. The van der Waals surface area contributed by atoms with E-state index in [0.29, 0.717) is 44.9 Å². The average molecular weight is 413 g/mol. The zero-order chi connectivity index (χ0) is 21.5. The molecule has 160 valence electrons. The van der Waals surface area contributed by atoms with Gasteiger partial charge in [-0.05, 0) is 5.56 Å². The molecule has 1 aromatic carbocycles. The zero-order valence-electron chi connectivity index (χ0n) is 17.3. The molecular weight excluding hydrogens is 386 g/mol. The van der Waals surface area contributed by atoms with Gasteiger partial charge in [0.25, 0.3) is 5.91 Å². The smallest absolute Gasteiger partial charge is 0.271 e. The number of carbonyl (C=O) groups is 3. The topological polar surface area (TPSA) is 106 Å². The second-order valence-electron chi connectivity index (χ2n) is 7.10. The van der Waals surface area contributed by atoms with Crippen molar-refractivity contribution in [2.45, 2.75) is 33.0 Å². The fraction of sp³-hybridized carbons (Fsp3) is 0.429. The Morgan fingerprint density at radius 2 is 1.97 bits per heavy atom. The normalized spacial score (nSPS) is 12.9. The number of nitrogens with zero attached hydrogens (tertiary/aromatic N) is 3. The summed E-state index contributed by atoms with van der Waals surface area (Å²) in [5, 5.41) is 9.85. The zero-order valence-corrected chi connectivity index (χ0v) is 17.3. The molecule has 0 unspecified atom stereocenters. The average Bonchev–Trinajstić information content (AvgIpc) is 3.12. The summed E-state index contributed by atoms with van der Waals surface area (Å²) in [7, 11) is 1.55. The standard InChI is InChI=1S/C21H27N5O4/c1-15(27)25-10-8-18-17(12-25)20(21(29)22-2)24-26(18)11-9-23-19(28)14-30-13-16-6-4-3-5-7-16/h3-7H,8-14H2,1-2H3,(H,22,29)(H,23,28). The summed E-state index contributed by atoms with van der Waals surface area (Å²) >= 11 is 0. The number of amides is 3. The maximum absolute atomic E-state index is 12.2. The van der Waals surface area contributed by atoms with Crippen LogP contribution in [0.1, 0.15) is 34.2 Å². The van der Waals surface area contributed by atoms with E-state index in [1.807, 2.05) is 30.3 Å². The Kier molecular flexibility index (Phi) is 7.18. The first-order chi connectivity index (χ1) is 14.5. The highest BCUT2D eigenvalue weighted by atomic mass is 16.5. The summed E-state index contributed by atoms with van der Waals surface area (Å²) < 4.78 is 7.19. The minimum Gasteiger partial charge on any atom is -0.367 e. The van der Waals surface area contributed by atoms with E-state index in [0.717, 1.165) is 16.8 Å². The van der Waals surface area contributed by atoms with E-state index < -0.39 is 0 Å². The predicted molar refractivity (Wildman–Crippen MR) is 110 cm³/mol. The predicted octanol–water partition coefficient (Wildman–Crippen LogP) is 0.480. The molecule has 9 heteroatoms. The number of benzene rings is 1. The van der Waals surface area contributed by atoms with Gasteiger partial charge in [0.2, 0.25) is 11.8 Å². The third kappa shape index (κ3) is 5.24. The van der Waals surface area contributed by atoms with Crippen molar-refractivity contribution in [3.63, 3.8) is 0 Å². The van der Waals surface area contributed by atoms with Gasteiger partial charge in [0.15, 0.2) is 5.69 Å². The molecule has 0 saturated heterocycles. The van der Waals surface area contributed by atoms with Crippen molar-refractivity contribution in [3.8, 4) is 0 Å². The van der Waals surface area contributed by atoms with Gasteiger partial charge < -0.3 is 20.3 Å². The molecule has 0 saturated carbocycles. The van der Waals surface area contributed by atoms with Crippen molar-refractivity contribution >= 4 is 17.7 Å². The van der Waals surface area contributed by atoms with Gasteiger partial charge >= 0.3 is 0 Å². The van der Waals surface area contributed by atoms with Gasteiger partial charge in [0, 0.05) is 51.3 Å². The number of hydrogen-bond donors (Lipinski definition) is 2. The van der Waals surface area contributed by atoms with Crippen LogP contribution in [0.5, 0.6) is 0 Å². The first kappa shape index (κ1) is 21.5. The van der Waals surface area contributed by atoms with Crippen LogP contribution in [0.25, 0.3) is 0 Å². The van der Waals surface area contributed by atoms with Gasteiger partial charge in [-0.2, -0.15) is 5.10 Å². The van der Waals surface area contributed by atoms with Crippen molar-refractivity contribution in [2.24, 2.45) is 0 Å². The molecule has 0 atom stereocenters. The second-order valence-corrected chi connectivity index (χ2v) is 7.10. The van der Waals surface area contributed by atoms with Crippen LogP contribution in [0.2, 0.25) is 0 Å². The number of carbonyl (C=O) groups excluding carboxylic acids is 3. The van der Waals surface area contributed by atoms with E-state index in [1.54, 1.807) is 16.6 Å². The molecule has 2 aromatic rings. The summed E-state index contributed by atoms with van der Waals surface area (Å²) in [5.41, 5.74) is 3.04. The largest absolute Gasteiger partial charge is 0.367 e. The Morgan fingerprint density at radius 1 is 1.20 bits per heavy atom. The Bertz CT molecular complexity index is 910. The minimum atomic E-state index is -0.284. The molecule has 0 aliphatic carbocycles. The molecule has 3 rings (SSSR count). The molecule has 0 spiro atoms. The molecule has 9 nitrogen and oxygen atoms in total. The quantitative estimate of drug-likeness (QED) is 0.655. The molecule has 1 aliphatic heterocycles. The first-order valence-corrected chi connectivity index (χ1v) is 9.94. The highest BCUT2D eigenvalue weighted by molar-refractivity contribution is 5.94. The number of fused-ring (bicyclic) bond motifs is 1. The minimum absolute atomic E-state index is 0.0246. The van der Waals surface area contributed by atoms with E-state index in [9.17, 15) is 14.4 Å². The van der Waals surface area contributed by atoms with E-state index in [2.05, 4.69) is 15.7 Å². The van der Waals surface area contributed by atoms with Crippen LogP contribution in [-0.2, 0) is 40.4 Å². The SMILES string of the molecule is CNC(=O)c1nn(CCNC(=O)COCc2ccccc2)c2c1CN(C(C)=O)CC2. The molecule has 3 amide bonds. The number of hydrogen-bond acceptors (Lipinski definition) is 5. The summed E-state index contributed by atoms with van der Waals surface area (Å²) in [6.45, 7) is 3.62. The maximum atomic E-state index is 12.2. The fourth-order valence-electron chi connectivity index (χ4n) is 3.43. The van der Waals surface area contributed by atoms with Crippen LogP contribution in [0.3, 0.4) is 0 Å². The first-order valence-electron chi connectivity index (χ1n) is 9.94.